The second kappa shape index (κ2) is 6.40. The van der Waals surface area contributed by atoms with Crippen LogP contribution >= 0.6 is 15.9 Å². The van der Waals surface area contributed by atoms with Gasteiger partial charge in [-0.05, 0) is 66.5 Å². The molecule has 1 fully saturated rings. The first-order valence-electron chi connectivity index (χ1n) is 7.36. The second-order valence-corrected chi connectivity index (χ2v) is 7.10. The Morgan fingerprint density at radius 3 is 2.74 bits per heavy atom. The average molecular weight is 328 g/mol. The standard InChI is InChI=1S/C15H26BrN3/c1-10(2)11-5-6-12(8-17-3)13(7-11)15-14(16)9-18-19(15)4/h9-13,17H,5-8H2,1-4H3. The Morgan fingerprint density at radius 2 is 2.21 bits per heavy atom. The Labute approximate surface area is 125 Å². The summed E-state index contributed by atoms with van der Waals surface area (Å²) in [7, 11) is 4.12. The third kappa shape index (κ3) is 3.22. The van der Waals surface area contributed by atoms with Crippen LogP contribution in [0.1, 0.15) is 44.7 Å². The molecule has 0 aliphatic heterocycles. The zero-order chi connectivity index (χ0) is 14.0. The van der Waals surface area contributed by atoms with Gasteiger partial charge in [0.15, 0.2) is 0 Å². The van der Waals surface area contributed by atoms with E-state index in [0.29, 0.717) is 5.92 Å². The van der Waals surface area contributed by atoms with E-state index in [-0.39, 0.29) is 0 Å². The number of hydrogen-bond donors (Lipinski definition) is 1. The molecule has 1 saturated carbocycles. The minimum absolute atomic E-state index is 0.621. The van der Waals surface area contributed by atoms with Gasteiger partial charge in [0.1, 0.15) is 0 Å². The van der Waals surface area contributed by atoms with Crippen LogP contribution in [0.4, 0.5) is 0 Å². The lowest BCUT2D eigenvalue weighted by atomic mass is 9.69. The van der Waals surface area contributed by atoms with Crippen molar-refractivity contribution in [1.29, 1.82) is 0 Å². The summed E-state index contributed by atoms with van der Waals surface area (Å²) in [6, 6.07) is 0. The Kier molecular flexibility index (Phi) is 5.07. The number of halogens is 1. The van der Waals surface area contributed by atoms with Gasteiger partial charge < -0.3 is 5.32 Å². The van der Waals surface area contributed by atoms with E-state index in [4.69, 9.17) is 0 Å². The first kappa shape index (κ1) is 15.0. The van der Waals surface area contributed by atoms with Gasteiger partial charge in [-0.2, -0.15) is 5.10 Å². The summed E-state index contributed by atoms with van der Waals surface area (Å²) in [6.07, 6.45) is 5.93. The van der Waals surface area contributed by atoms with Crippen LogP contribution in [-0.2, 0) is 7.05 Å². The van der Waals surface area contributed by atoms with Crippen molar-refractivity contribution in [3.63, 3.8) is 0 Å². The molecule has 0 amide bonds. The summed E-state index contributed by atoms with van der Waals surface area (Å²) in [5.41, 5.74) is 1.38. The molecule has 1 N–H and O–H groups in total. The summed E-state index contributed by atoms with van der Waals surface area (Å²) in [5.74, 6) is 2.98. The molecule has 0 radical (unpaired) electrons. The van der Waals surface area contributed by atoms with Gasteiger partial charge in [0, 0.05) is 13.0 Å². The summed E-state index contributed by atoms with van der Waals surface area (Å²) in [5, 5.41) is 7.77. The van der Waals surface area contributed by atoms with Gasteiger partial charge in [-0.25, -0.2) is 0 Å². The lowest BCUT2D eigenvalue weighted by Crippen LogP contribution is -2.33. The number of rotatable bonds is 4. The Bertz CT molecular complexity index is 394. The first-order valence-corrected chi connectivity index (χ1v) is 8.15. The molecule has 0 aromatic carbocycles. The molecule has 1 aliphatic rings. The third-order valence-corrected chi connectivity index (χ3v) is 5.34. The van der Waals surface area contributed by atoms with Crippen LogP contribution < -0.4 is 5.32 Å². The van der Waals surface area contributed by atoms with Crippen molar-refractivity contribution in [1.82, 2.24) is 15.1 Å². The highest BCUT2D eigenvalue weighted by molar-refractivity contribution is 9.10. The fourth-order valence-electron chi connectivity index (χ4n) is 3.55. The summed E-state index contributed by atoms with van der Waals surface area (Å²) in [4.78, 5) is 0. The van der Waals surface area contributed by atoms with E-state index in [9.17, 15) is 0 Å². The SMILES string of the molecule is CNCC1CCC(C(C)C)CC1c1c(Br)cnn1C. The zero-order valence-corrected chi connectivity index (χ0v) is 14.1. The highest BCUT2D eigenvalue weighted by Gasteiger charge is 2.34. The quantitative estimate of drug-likeness (QED) is 0.916. The lowest BCUT2D eigenvalue weighted by molar-refractivity contribution is 0.187. The van der Waals surface area contributed by atoms with E-state index < -0.39 is 0 Å². The molecule has 1 aromatic rings. The predicted octanol–water partition coefficient (Wildman–Crippen LogP) is 3.56. The molecule has 4 heteroatoms. The van der Waals surface area contributed by atoms with E-state index in [0.717, 1.165) is 24.3 Å². The largest absolute Gasteiger partial charge is 0.319 e. The molecule has 19 heavy (non-hydrogen) atoms. The number of nitrogens with zero attached hydrogens (tertiary/aromatic N) is 2. The number of aryl methyl sites for hydroxylation is 1. The smallest absolute Gasteiger partial charge is 0.0635 e. The van der Waals surface area contributed by atoms with Crippen LogP contribution in [-0.4, -0.2) is 23.4 Å². The molecule has 0 spiro atoms. The highest BCUT2D eigenvalue weighted by Crippen LogP contribution is 2.44. The van der Waals surface area contributed by atoms with Crippen LogP contribution in [0.15, 0.2) is 10.7 Å². The average Bonchev–Trinajstić information content (AvgIpc) is 2.70. The molecule has 1 aromatic heterocycles. The van der Waals surface area contributed by atoms with Crippen molar-refractivity contribution in [2.45, 2.75) is 39.0 Å². The van der Waals surface area contributed by atoms with Crippen molar-refractivity contribution in [2.24, 2.45) is 24.8 Å². The van der Waals surface area contributed by atoms with Gasteiger partial charge >= 0.3 is 0 Å². The molecule has 2 rings (SSSR count). The molecule has 1 aliphatic carbocycles. The summed E-state index contributed by atoms with van der Waals surface area (Å²) >= 11 is 3.68. The van der Waals surface area contributed by atoms with Gasteiger partial charge in [0.05, 0.1) is 16.4 Å². The maximum atomic E-state index is 4.41. The highest BCUT2D eigenvalue weighted by atomic mass is 79.9. The number of aromatic nitrogens is 2. The van der Waals surface area contributed by atoms with Crippen molar-refractivity contribution < 1.29 is 0 Å². The van der Waals surface area contributed by atoms with Crippen LogP contribution in [0.25, 0.3) is 0 Å². The molecule has 1 heterocycles. The van der Waals surface area contributed by atoms with E-state index in [2.05, 4.69) is 59.0 Å². The maximum absolute atomic E-state index is 4.41. The molecule has 0 saturated heterocycles. The van der Waals surface area contributed by atoms with Crippen molar-refractivity contribution >= 4 is 15.9 Å². The molecule has 0 bridgehead atoms. The van der Waals surface area contributed by atoms with E-state index >= 15 is 0 Å². The van der Waals surface area contributed by atoms with Gasteiger partial charge in [-0.3, -0.25) is 4.68 Å². The van der Waals surface area contributed by atoms with Crippen molar-refractivity contribution in [3.05, 3.63) is 16.4 Å². The molecule has 108 valence electrons. The van der Waals surface area contributed by atoms with E-state index in [1.54, 1.807) is 0 Å². The Hall–Kier alpha value is -0.350. The van der Waals surface area contributed by atoms with E-state index in [1.807, 2.05) is 6.20 Å². The van der Waals surface area contributed by atoms with Gasteiger partial charge in [-0.15, -0.1) is 0 Å². The monoisotopic (exact) mass is 327 g/mol. The zero-order valence-electron chi connectivity index (χ0n) is 12.5. The first-order chi connectivity index (χ1) is 9.04. The number of nitrogens with one attached hydrogen (secondary N) is 1. The molecule has 3 atom stereocenters. The summed E-state index contributed by atoms with van der Waals surface area (Å²) in [6.45, 7) is 5.82. The van der Waals surface area contributed by atoms with Crippen LogP contribution in [0.5, 0.6) is 0 Å². The fourth-order valence-corrected chi connectivity index (χ4v) is 4.19. The molecular weight excluding hydrogens is 302 g/mol. The van der Waals surface area contributed by atoms with E-state index in [1.165, 1.54) is 29.4 Å². The Morgan fingerprint density at radius 1 is 1.47 bits per heavy atom. The topological polar surface area (TPSA) is 29.9 Å². The van der Waals surface area contributed by atoms with Crippen LogP contribution in [0, 0.1) is 17.8 Å². The molecular formula is C15H26BrN3. The van der Waals surface area contributed by atoms with Crippen LogP contribution in [0.3, 0.4) is 0 Å². The maximum Gasteiger partial charge on any atom is 0.0635 e. The minimum Gasteiger partial charge on any atom is -0.319 e. The van der Waals surface area contributed by atoms with Gasteiger partial charge in [0.25, 0.3) is 0 Å². The predicted molar refractivity (Wildman–Crippen MR) is 83.2 cm³/mol. The lowest BCUT2D eigenvalue weighted by Gasteiger charge is -2.38. The molecule has 3 unspecified atom stereocenters. The second-order valence-electron chi connectivity index (χ2n) is 6.24. The fraction of sp³-hybridized carbons (Fsp3) is 0.800. The normalized spacial score (nSPS) is 28.0. The third-order valence-electron chi connectivity index (χ3n) is 4.73. The van der Waals surface area contributed by atoms with Crippen LogP contribution in [0.2, 0.25) is 0 Å². The van der Waals surface area contributed by atoms with Gasteiger partial charge in [-0.1, -0.05) is 13.8 Å². The van der Waals surface area contributed by atoms with Crippen molar-refractivity contribution in [3.8, 4) is 0 Å². The van der Waals surface area contributed by atoms with Gasteiger partial charge in [0.2, 0.25) is 0 Å². The molecule has 3 nitrogen and oxygen atoms in total. The summed E-state index contributed by atoms with van der Waals surface area (Å²) < 4.78 is 3.23. The van der Waals surface area contributed by atoms with Crippen molar-refractivity contribution in [2.75, 3.05) is 13.6 Å². The minimum atomic E-state index is 0.621. The number of hydrogen-bond acceptors (Lipinski definition) is 2. The Balaban J connectivity index is 2.25.